The summed E-state index contributed by atoms with van der Waals surface area (Å²) in [5.74, 6) is -0.295. The Morgan fingerprint density at radius 2 is 1.06 bits per heavy atom. The zero-order valence-electron chi connectivity index (χ0n) is 18.5. The van der Waals surface area contributed by atoms with Gasteiger partial charge in [0.1, 0.15) is 0 Å². The Morgan fingerprint density at radius 3 is 1.47 bits per heavy atom. The Kier molecular flexibility index (Phi) is 8.15. The van der Waals surface area contributed by atoms with Gasteiger partial charge >= 0.3 is 0 Å². The van der Waals surface area contributed by atoms with Crippen LogP contribution in [-0.2, 0) is 22.7 Å². The highest BCUT2D eigenvalue weighted by Gasteiger charge is 2.01. The molecule has 0 saturated carbocycles. The van der Waals surface area contributed by atoms with E-state index in [2.05, 4.69) is 10.6 Å². The molecule has 0 unspecified atom stereocenters. The van der Waals surface area contributed by atoms with E-state index in [0.717, 1.165) is 22.3 Å². The summed E-state index contributed by atoms with van der Waals surface area (Å²) >= 11 is 0. The van der Waals surface area contributed by atoms with Gasteiger partial charge in [0.15, 0.2) is 0 Å². The molecule has 0 aromatic heterocycles. The lowest BCUT2D eigenvalue weighted by Gasteiger charge is -2.07. The number of carbonyl (C=O) groups excluding carboxylic acids is 2. The van der Waals surface area contributed by atoms with Gasteiger partial charge in [0, 0.05) is 25.2 Å². The van der Waals surface area contributed by atoms with E-state index in [4.69, 9.17) is 0 Å². The molecule has 2 N–H and O–H groups in total. The van der Waals surface area contributed by atoms with Gasteiger partial charge in [0.2, 0.25) is 11.8 Å². The fraction of sp³-hybridized carbons (Fsp3) is 0.143. The van der Waals surface area contributed by atoms with Crippen LogP contribution in [-0.4, -0.2) is 11.8 Å². The number of benzene rings is 3. The summed E-state index contributed by atoms with van der Waals surface area (Å²) in [5.41, 5.74) is 6.29. The predicted octanol–water partition coefficient (Wildman–Crippen LogP) is 4.96. The van der Waals surface area contributed by atoms with Crippen LogP contribution in [0.1, 0.15) is 33.4 Å². The van der Waals surface area contributed by atoms with Crippen molar-refractivity contribution in [2.24, 2.45) is 0 Å². The van der Waals surface area contributed by atoms with Crippen molar-refractivity contribution >= 4 is 24.0 Å². The molecule has 4 nitrogen and oxygen atoms in total. The molecule has 0 aliphatic rings. The van der Waals surface area contributed by atoms with Gasteiger partial charge in [0.25, 0.3) is 0 Å². The van der Waals surface area contributed by atoms with Gasteiger partial charge in [-0.25, -0.2) is 0 Å². The van der Waals surface area contributed by atoms with E-state index in [1.54, 1.807) is 12.2 Å². The minimum Gasteiger partial charge on any atom is -0.348 e. The summed E-state index contributed by atoms with van der Waals surface area (Å²) in [6, 6.07) is 23.8. The summed E-state index contributed by atoms with van der Waals surface area (Å²) in [6.07, 6.45) is 6.67. The molecule has 0 aliphatic carbocycles. The van der Waals surface area contributed by atoms with Crippen molar-refractivity contribution < 1.29 is 9.59 Å². The monoisotopic (exact) mass is 424 g/mol. The Bertz CT molecular complexity index is 1020. The van der Waals surface area contributed by atoms with Crippen LogP contribution in [0.4, 0.5) is 0 Å². The zero-order chi connectivity index (χ0) is 22.8. The van der Waals surface area contributed by atoms with Crippen molar-refractivity contribution in [3.8, 4) is 0 Å². The molecule has 3 aromatic rings. The molecule has 0 atom stereocenters. The molecule has 32 heavy (non-hydrogen) atoms. The van der Waals surface area contributed by atoms with Gasteiger partial charge in [-0.2, -0.15) is 0 Å². The van der Waals surface area contributed by atoms with Crippen LogP contribution in [0.5, 0.6) is 0 Å². The second-order valence-corrected chi connectivity index (χ2v) is 7.74. The minimum atomic E-state index is -0.148. The number of nitrogens with one attached hydrogen (secondary N) is 2. The fourth-order valence-electron chi connectivity index (χ4n) is 3.04. The first-order valence-corrected chi connectivity index (χ1v) is 10.6. The smallest absolute Gasteiger partial charge is 0.244 e. The molecule has 0 aliphatic heterocycles. The highest BCUT2D eigenvalue weighted by molar-refractivity contribution is 5.92. The van der Waals surface area contributed by atoms with Gasteiger partial charge in [-0.15, -0.1) is 0 Å². The lowest BCUT2D eigenvalue weighted by molar-refractivity contribution is -0.117. The molecular weight excluding hydrogens is 396 g/mol. The van der Waals surface area contributed by atoms with Crippen molar-refractivity contribution in [1.82, 2.24) is 10.6 Å². The van der Waals surface area contributed by atoms with Crippen LogP contribution in [0.3, 0.4) is 0 Å². The Hall–Kier alpha value is -3.92. The summed E-state index contributed by atoms with van der Waals surface area (Å²) in [6.45, 7) is 4.90. The van der Waals surface area contributed by atoms with Crippen molar-refractivity contribution in [1.29, 1.82) is 0 Å². The van der Waals surface area contributed by atoms with Gasteiger partial charge in [0.05, 0.1) is 0 Å². The van der Waals surface area contributed by atoms with Gasteiger partial charge < -0.3 is 10.6 Å². The number of hydrogen-bond acceptors (Lipinski definition) is 2. The molecule has 0 heterocycles. The number of hydrogen-bond donors (Lipinski definition) is 2. The molecule has 0 bridgehead atoms. The van der Waals surface area contributed by atoms with E-state index in [-0.39, 0.29) is 11.8 Å². The maximum atomic E-state index is 12.1. The van der Waals surface area contributed by atoms with E-state index in [1.807, 2.05) is 86.6 Å². The third-order valence-corrected chi connectivity index (χ3v) is 4.93. The molecule has 0 saturated heterocycles. The van der Waals surface area contributed by atoms with E-state index in [9.17, 15) is 9.59 Å². The van der Waals surface area contributed by atoms with Crippen LogP contribution < -0.4 is 10.6 Å². The summed E-state index contributed by atoms with van der Waals surface area (Å²) in [4.78, 5) is 24.2. The Morgan fingerprint density at radius 1 is 0.656 bits per heavy atom. The lowest BCUT2D eigenvalue weighted by atomic mass is 10.1. The van der Waals surface area contributed by atoms with Crippen LogP contribution in [0, 0.1) is 13.8 Å². The number of rotatable bonds is 8. The van der Waals surface area contributed by atoms with Gasteiger partial charge in [-0.3, -0.25) is 9.59 Å². The number of aryl methyl sites for hydroxylation is 2. The number of amides is 2. The highest BCUT2D eigenvalue weighted by Crippen LogP contribution is 2.07. The quantitative estimate of drug-likeness (QED) is 0.502. The average molecular weight is 425 g/mol. The predicted molar refractivity (Wildman–Crippen MR) is 131 cm³/mol. The third-order valence-electron chi connectivity index (χ3n) is 4.93. The van der Waals surface area contributed by atoms with Crippen molar-refractivity contribution in [2.75, 3.05) is 0 Å². The fourth-order valence-corrected chi connectivity index (χ4v) is 3.04. The van der Waals surface area contributed by atoms with Crippen molar-refractivity contribution in [3.63, 3.8) is 0 Å². The average Bonchev–Trinajstić information content (AvgIpc) is 2.81. The summed E-state index contributed by atoms with van der Waals surface area (Å²) < 4.78 is 0. The summed E-state index contributed by atoms with van der Waals surface area (Å²) in [5, 5.41) is 5.78. The molecule has 0 fully saturated rings. The first kappa shape index (κ1) is 22.8. The molecule has 4 heteroatoms. The molecular formula is C28H28N2O2. The number of carbonyl (C=O) groups is 2. The Balaban J connectivity index is 1.46. The molecule has 3 rings (SSSR count). The minimum absolute atomic E-state index is 0.148. The van der Waals surface area contributed by atoms with E-state index >= 15 is 0 Å². The third kappa shape index (κ3) is 7.73. The standard InChI is InChI=1S/C28H28N2O2/c1-21-6-10-23(11-7-21)14-16-27(31)29-19-25-4-3-5-26(18-25)20-30-28(32)17-15-24-12-8-22(2)9-13-24/h3-18H,19-20H2,1-2H3,(H,29,31)(H,30,32)/b16-14-,17-15-. The Labute approximate surface area is 189 Å². The molecule has 0 radical (unpaired) electrons. The van der Waals surface area contributed by atoms with E-state index in [1.165, 1.54) is 23.3 Å². The van der Waals surface area contributed by atoms with Crippen LogP contribution in [0.25, 0.3) is 12.2 Å². The SMILES string of the molecule is Cc1ccc(/C=C\C(=O)NCc2cccc(CNC(=O)/C=C\c3ccc(C)cc3)c2)cc1. The van der Waals surface area contributed by atoms with Crippen LogP contribution in [0.2, 0.25) is 0 Å². The molecule has 2 amide bonds. The lowest BCUT2D eigenvalue weighted by Crippen LogP contribution is -2.21. The highest BCUT2D eigenvalue weighted by atomic mass is 16.2. The summed E-state index contributed by atoms with van der Waals surface area (Å²) in [7, 11) is 0. The first-order valence-electron chi connectivity index (χ1n) is 10.6. The normalized spacial score (nSPS) is 11.1. The maximum Gasteiger partial charge on any atom is 0.244 e. The molecule has 0 spiro atoms. The van der Waals surface area contributed by atoms with Crippen molar-refractivity contribution in [3.05, 3.63) is 118 Å². The topological polar surface area (TPSA) is 58.2 Å². The second-order valence-electron chi connectivity index (χ2n) is 7.74. The first-order chi connectivity index (χ1) is 15.5. The van der Waals surface area contributed by atoms with Crippen LogP contribution >= 0.6 is 0 Å². The second kappa shape index (κ2) is 11.5. The van der Waals surface area contributed by atoms with E-state index in [0.29, 0.717) is 13.1 Å². The largest absolute Gasteiger partial charge is 0.348 e. The van der Waals surface area contributed by atoms with Crippen LogP contribution in [0.15, 0.2) is 84.9 Å². The molecule has 162 valence electrons. The van der Waals surface area contributed by atoms with Crippen molar-refractivity contribution in [2.45, 2.75) is 26.9 Å². The maximum absolute atomic E-state index is 12.1. The van der Waals surface area contributed by atoms with E-state index < -0.39 is 0 Å². The van der Waals surface area contributed by atoms with Gasteiger partial charge in [-0.05, 0) is 48.3 Å². The van der Waals surface area contributed by atoms with Gasteiger partial charge in [-0.1, -0.05) is 83.9 Å². The molecule has 3 aromatic carbocycles. The zero-order valence-corrected chi connectivity index (χ0v) is 18.5.